The summed E-state index contributed by atoms with van der Waals surface area (Å²) >= 11 is 0. The second-order valence-electron chi connectivity index (χ2n) is 3.86. The SMILES string of the molecule is C=C(c1ccccc1C=O)C1CCC1. The summed E-state index contributed by atoms with van der Waals surface area (Å²) in [5, 5.41) is 0. The molecule has 1 fully saturated rings. The monoisotopic (exact) mass is 186 g/mol. The maximum absolute atomic E-state index is 10.8. The highest BCUT2D eigenvalue weighted by atomic mass is 16.1. The van der Waals surface area contributed by atoms with Crippen LogP contribution >= 0.6 is 0 Å². The molecule has 0 heterocycles. The van der Waals surface area contributed by atoms with Gasteiger partial charge in [0.15, 0.2) is 6.29 Å². The summed E-state index contributed by atoms with van der Waals surface area (Å²) in [4.78, 5) is 10.8. The molecule has 0 aromatic heterocycles. The van der Waals surface area contributed by atoms with E-state index >= 15 is 0 Å². The van der Waals surface area contributed by atoms with E-state index in [-0.39, 0.29) is 0 Å². The molecule has 1 aromatic carbocycles. The van der Waals surface area contributed by atoms with E-state index in [1.165, 1.54) is 19.3 Å². The minimum Gasteiger partial charge on any atom is -0.298 e. The molecule has 0 aliphatic heterocycles. The van der Waals surface area contributed by atoms with E-state index in [2.05, 4.69) is 6.58 Å². The molecule has 1 aliphatic carbocycles. The van der Waals surface area contributed by atoms with E-state index in [0.717, 1.165) is 23.0 Å². The van der Waals surface area contributed by atoms with Crippen LogP contribution in [-0.4, -0.2) is 6.29 Å². The van der Waals surface area contributed by atoms with Crippen molar-refractivity contribution in [2.75, 3.05) is 0 Å². The molecule has 2 rings (SSSR count). The summed E-state index contributed by atoms with van der Waals surface area (Å²) in [6, 6.07) is 7.70. The fourth-order valence-electron chi connectivity index (χ4n) is 1.87. The van der Waals surface area contributed by atoms with E-state index in [1.54, 1.807) is 0 Å². The molecule has 0 bridgehead atoms. The Labute approximate surface area is 84.5 Å². The van der Waals surface area contributed by atoms with E-state index < -0.39 is 0 Å². The third-order valence-corrected chi connectivity index (χ3v) is 3.03. The van der Waals surface area contributed by atoms with Crippen LogP contribution in [0.2, 0.25) is 0 Å². The van der Waals surface area contributed by atoms with Gasteiger partial charge in [0, 0.05) is 5.56 Å². The van der Waals surface area contributed by atoms with Crippen molar-refractivity contribution >= 4 is 11.9 Å². The first-order valence-electron chi connectivity index (χ1n) is 5.06. The lowest BCUT2D eigenvalue weighted by atomic mass is 9.77. The van der Waals surface area contributed by atoms with Crippen molar-refractivity contribution < 1.29 is 4.79 Å². The second kappa shape index (κ2) is 3.79. The van der Waals surface area contributed by atoms with Crippen molar-refractivity contribution in [3.63, 3.8) is 0 Å². The summed E-state index contributed by atoms with van der Waals surface area (Å²) in [6.45, 7) is 4.10. The van der Waals surface area contributed by atoms with Gasteiger partial charge in [0.05, 0.1) is 0 Å². The minimum atomic E-state index is 0.607. The highest BCUT2D eigenvalue weighted by Gasteiger charge is 2.22. The molecule has 1 heteroatoms. The lowest BCUT2D eigenvalue weighted by Crippen LogP contribution is -2.13. The van der Waals surface area contributed by atoms with Gasteiger partial charge < -0.3 is 0 Å². The normalized spacial score (nSPS) is 16.0. The zero-order valence-electron chi connectivity index (χ0n) is 8.20. The lowest BCUT2D eigenvalue weighted by molar-refractivity contribution is 0.112. The van der Waals surface area contributed by atoms with E-state index in [4.69, 9.17) is 0 Å². The summed E-state index contributed by atoms with van der Waals surface area (Å²) in [7, 11) is 0. The molecule has 1 aliphatic rings. The predicted molar refractivity (Wildman–Crippen MR) is 58.2 cm³/mol. The number of hydrogen-bond donors (Lipinski definition) is 0. The van der Waals surface area contributed by atoms with Gasteiger partial charge in [0.2, 0.25) is 0 Å². The Balaban J connectivity index is 2.29. The lowest BCUT2D eigenvalue weighted by Gasteiger charge is -2.28. The fourth-order valence-corrected chi connectivity index (χ4v) is 1.87. The van der Waals surface area contributed by atoms with Crippen LogP contribution in [-0.2, 0) is 0 Å². The zero-order chi connectivity index (χ0) is 9.97. The summed E-state index contributed by atoms with van der Waals surface area (Å²) in [5.74, 6) is 0.607. The van der Waals surface area contributed by atoms with Gasteiger partial charge in [-0.25, -0.2) is 0 Å². The summed E-state index contributed by atoms with van der Waals surface area (Å²) in [5.41, 5.74) is 2.94. The van der Waals surface area contributed by atoms with Gasteiger partial charge in [0.1, 0.15) is 0 Å². The van der Waals surface area contributed by atoms with Crippen LogP contribution in [0.3, 0.4) is 0 Å². The predicted octanol–water partition coefficient (Wildman–Crippen LogP) is 3.31. The Bertz CT molecular complexity index is 361. The van der Waals surface area contributed by atoms with Gasteiger partial charge in [-0.3, -0.25) is 4.79 Å². The summed E-state index contributed by atoms with van der Waals surface area (Å²) < 4.78 is 0. The smallest absolute Gasteiger partial charge is 0.150 e. The molecule has 1 saturated carbocycles. The molecule has 0 unspecified atom stereocenters. The molecule has 0 spiro atoms. The van der Waals surface area contributed by atoms with E-state index in [0.29, 0.717) is 5.92 Å². The largest absolute Gasteiger partial charge is 0.298 e. The molecule has 0 atom stereocenters. The van der Waals surface area contributed by atoms with Crippen molar-refractivity contribution in [3.8, 4) is 0 Å². The quantitative estimate of drug-likeness (QED) is 0.662. The third-order valence-electron chi connectivity index (χ3n) is 3.03. The molecule has 0 amide bonds. The molecule has 72 valence electrons. The highest BCUT2D eigenvalue weighted by Crippen LogP contribution is 2.38. The van der Waals surface area contributed by atoms with Crippen molar-refractivity contribution in [2.45, 2.75) is 19.3 Å². The number of carbonyl (C=O) groups is 1. The Kier molecular flexibility index (Phi) is 2.49. The second-order valence-corrected chi connectivity index (χ2v) is 3.86. The average Bonchev–Trinajstić information content (AvgIpc) is 2.15. The standard InChI is InChI=1S/C13H14O/c1-10(11-6-4-7-11)13-8-3-2-5-12(13)9-14/h2-3,5,8-9,11H,1,4,6-7H2. The highest BCUT2D eigenvalue weighted by molar-refractivity contribution is 5.85. The molecule has 1 nitrogen and oxygen atoms in total. The summed E-state index contributed by atoms with van der Waals surface area (Å²) in [6.07, 6.45) is 4.67. The van der Waals surface area contributed by atoms with Gasteiger partial charge in [-0.1, -0.05) is 37.3 Å². The Morgan fingerprint density at radius 2 is 2.07 bits per heavy atom. The van der Waals surface area contributed by atoms with Crippen molar-refractivity contribution in [1.29, 1.82) is 0 Å². The molecule has 0 saturated heterocycles. The number of benzene rings is 1. The van der Waals surface area contributed by atoms with Crippen LogP contribution < -0.4 is 0 Å². The molecular formula is C13H14O. The van der Waals surface area contributed by atoms with Gasteiger partial charge in [-0.2, -0.15) is 0 Å². The Morgan fingerprint density at radius 1 is 1.36 bits per heavy atom. The number of hydrogen-bond acceptors (Lipinski definition) is 1. The van der Waals surface area contributed by atoms with Crippen LogP contribution in [0.4, 0.5) is 0 Å². The number of aldehydes is 1. The number of rotatable bonds is 3. The van der Waals surface area contributed by atoms with E-state index in [1.807, 2.05) is 24.3 Å². The van der Waals surface area contributed by atoms with Crippen LogP contribution in [0.15, 0.2) is 30.8 Å². The number of carbonyl (C=O) groups excluding carboxylic acids is 1. The van der Waals surface area contributed by atoms with E-state index in [9.17, 15) is 4.79 Å². The maximum atomic E-state index is 10.8. The third kappa shape index (κ3) is 1.50. The van der Waals surface area contributed by atoms with Crippen molar-refractivity contribution in [1.82, 2.24) is 0 Å². The fraction of sp³-hybridized carbons (Fsp3) is 0.308. The van der Waals surface area contributed by atoms with Gasteiger partial charge in [-0.05, 0) is 29.9 Å². The van der Waals surface area contributed by atoms with Gasteiger partial charge in [0.25, 0.3) is 0 Å². The minimum absolute atomic E-state index is 0.607. The van der Waals surface area contributed by atoms with Crippen LogP contribution in [0.5, 0.6) is 0 Å². The van der Waals surface area contributed by atoms with Crippen LogP contribution in [0, 0.1) is 5.92 Å². The van der Waals surface area contributed by atoms with Crippen molar-refractivity contribution in [2.24, 2.45) is 5.92 Å². The Morgan fingerprint density at radius 3 is 2.64 bits per heavy atom. The molecule has 0 N–H and O–H groups in total. The first-order valence-corrected chi connectivity index (χ1v) is 5.06. The van der Waals surface area contributed by atoms with Gasteiger partial charge in [-0.15, -0.1) is 0 Å². The zero-order valence-corrected chi connectivity index (χ0v) is 8.20. The van der Waals surface area contributed by atoms with Gasteiger partial charge >= 0.3 is 0 Å². The Hall–Kier alpha value is -1.37. The van der Waals surface area contributed by atoms with Crippen molar-refractivity contribution in [3.05, 3.63) is 42.0 Å². The maximum Gasteiger partial charge on any atom is 0.150 e. The van der Waals surface area contributed by atoms with Crippen LogP contribution in [0.25, 0.3) is 5.57 Å². The first kappa shape index (κ1) is 9.20. The molecule has 1 aromatic rings. The van der Waals surface area contributed by atoms with Crippen LogP contribution in [0.1, 0.15) is 35.2 Å². The molecular weight excluding hydrogens is 172 g/mol. The molecule has 0 radical (unpaired) electrons. The molecule has 14 heavy (non-hydrogen) atoms. The first-order chi connectivity index (χ1) is 6.83. The topological polar surface area (TPSA) is 17.1 Å². The average molecular weight is 186 g/mol. The number of allylic oxidation sites excluding steroid dienone is 1.